The molecule has 3 N–H and O–H groups in total. The van der Waals surface area contributed by atoms with E-state index in [1.54, 1.807) is 19.1 Å². The first kappa shape index (κ1) is 11.3. The summed E-state index contributed by atoms with van der Waals surface area (Å²) in [5, 5.41) is 3.14. The number of nitrogens with two attached hydrogens (primary N) is 1. The second-order valence-electron chi connectivity index (χ2n) is 3.09. The molecule has 0 aromatic heterocycles. The zero-order valence-electron chi connectivity index (χ0n) is 8.71. The number of hydrogen-bond acceptors (Lipinski definition) is 2. The van der Waals surface area contributed by atoms with Crippen molar-refractivity contribution in [2.24, 2.45) is 5.73 Å². The second-order valence-corrected chi connectivity index (χ2v) is 3.09. The van der Waals surface area contributed by atoms with Gasteiger partial charge in [0, 0.05) is 12.1 Å². The molecule has 0 saturated carbocycles. The van der Waals surface area contributed by atoms with Crippen LogP contribution in [0.1, 0.15) is 22.8 Å². The summed E-state index contributed by atoms with van der Waals surface area (Å²) in [4.78, 5) is 10.9. The van der Waals surface area contributed by atoms with Gasteiger partial charge in [0.25, 0.3) is 0 Å². The molecular weight excluding hydrogens is 188 g/mol. The third-order valence-electron chi connectivity index (χ3n) is 1.93. The van der Waals surface area contributed by atoms with Crippen LogP contribution in [-0.4, -0.2) is 12.5 Å². The van der Waals surface area contributed by atoms with Crippen LogP contribution >= 0.6 is 0 Å². The summed E-state index contributed by atoms with van der Waals surface area (Å²) < 4.78 is 0. The Morgan fingerprint density at radius 3 is 3.00 bits per heavy atom. The van der Waals surface area contributed by atoms with Crippen molar-refractivity contribution in [3.05, 3.63) is 35.4 Å². The highest BCUT2D eigenvalue weighted by atomic mass is 16.1. The monoisotopic (exact) mass is 202 g/mol. The molecule has 0 atom stereocenters. The quantitative estimate of drug-likeness (QED) is 0.563. The summed E-state index contributed by atoms with van der Waals surface area (Å²) in [5.74, 6) is 5.30. The predicted octanol–water partition coefficient (Wildman–Crippen LogP) is 0.898. The Labute approximate surface area is 89.7 Å². The Morgan fingerprint density at radius 1 is 1.53 bits per heavy atom. The van der Waals surface area contributed by atoms with Crippen molar-refractivity contribution in [1.29, 1.82) is 0 Å². The zero-order valence-corrected chi connectivity index (χ0v) is 8.71. The normalized spacial score (nSPS) is 9.13. The van der Waals surface area contributed by atoms with Crippen LogP contribution in [0.4, 0.5) is 0 Å². The molecule has 1 rings (SSSR count). The third kappa shape index (κ3) is 3.84. The smallest absolute Gasteiger partial charge is 0.248 e. The van der Waals surface area contributed by atoms with Gasteiger partial charge in [-0.1, -0.05) is 18.1 Å². The van der Waals surface area contributed by atoms with Crippen molar-refractivity contribution in [2.45, 2.75) is 13.5 Å². The van der Waals surface area contributed by atoms with E-state index in [2.05, 4.69) is 17.2 Å². The molecule has 78 valence electrons. The van der Waals surface area contributed by atoms with Gasteiger partial charge in [-0.05, 0) is 24.6 Å². The molecule has 1 amide bonds. The Balaban J connectivity index is 2.56. The third-order valence-corrected chi connectivity index (χ3v) is 1.93. The first-order valence-corrected chi connectivity index (χ1v) is 4.73. The first-order valence-electron chi connectivity index (χ1n) is 4.73. The molecule has 0 spiro atoms. The molecule has 1 aromatic carbocycles. The average Bonchev–Trinajstić information content (AvgIpc) is 2.25. The maximum atomic E-state index is 10.9. The molecular formula is C12H14N2O. The van der Waals surface area contributed by atoms with Crippen molar-refractivity contribution >= 4 is 5.91 Å². The van der Waals surface area contributed by atoms with E-state index in [1.807, 2.05) is 12.1 Å². The Hall–Kier alpha value is -1.79. The van der Waals surface area contributed by atoms with Crippen LogP contribution in [0.25, 0.3) is 0 Å². The van der Waals surface area contributed by atoms with Gasteiger partial charge in [-0.25, -0.2) is 0 Å². The van der Waals surface area contributed by atoms with E-state index >= 15 is 0 Å². The van der Waals surface area contributed by atoms with Gasteiger partial charge in [-0.15, -0.1) is 5.92 Å². The number of benzene rings is 1. The van der Waals surface area contributed by atoms with E-state index < -0.39 is 5.91 Å². The molecule has 0 bridgehead atoms. The van der Waals surface area contributed by atoms with Crippen LogP contribution in [0.15, 0.2) is 24.3 Å². The molecule has 0 aliphatic rings. The number of hydrogen-bond donors (Lipinski definition) is 2. The predicted molar refractivity (Wildman–Crippen MR) is 60.1 cm³/mol. The van der Waals surface area contributed by atoms with Gasteiger partial charge in [0.1, 0.15) is 0 Å². The van der Waals surface area contributed by atoms with Crippen molar-refractivity contribution in [1.82, 2.24) is 5.32 Å². The van der Waals surface area contributed by atoms with Gasteiger partial charge in [-0.3, -0.25) is 4.79 Å². The molecule has 3 nitrogen and oxygen atoms in total. The van der Waals surface area contributed by atoms with Crippen LogP contribution < -0.4 is 11.1 Å². The van der Waals surface area contributed by atoms with Crippen molar-refractivity contribution in [3.8, 4) is 11.8 Å². The van der Waals surface area contributed by atoms with E-state index in [1.165, 1.54) is 0 Å². The van der Waals surface area contributed by atoms with Crippen LogP contribution in [0.3, 0.4) is 0 Å². The zero-order chi connectivity index (χ0) is 11.1. The SMILES string of the molecule is CC#CCNCc1cccc(C(N)=O)c1. The lowest BCUT2D eigenvalue weighted by molar-refractivity contribution is 0.1000. The highest BCUT2D eigenvalue weighted by Crippen LogP contribution is 2.03. The minimum atomic E-state index is -0.398. The van der Waals surface area contributed by atoms with Crippen LogP contribution in [-0.2, 0) is 6.54 Å². The van der Waals surface area contributed by atoms with E-state index in [0.717, 1.165) is 5.56 Å². The molecule has 1 aromatic rings. The van der Waals surface area contributed by atoms with Crippen molar-refractivity contribution in [2.75, 3.05) is 6.54 Å². The molecule has 0 saturated heterocycles. The minimum absolute atomic E-state index is 0.398. The fourth-order valence-electron chi connectivity index (χ4n) is 1.19. The Morgan fingerprint density at radius 2 is 2.33 bits per heavy atom. The van der Waals surface area contributed by atoms with Gasteiger partial charge in [-0.2, -0.15) is 0 Å². The summed E-state index contributed by atoms with van der Waals surface area (Å²) in [6.07, 6.45) is 0. The number of nitrogens with one attached hydrogen (secondary N) is 1. The molecule has 15 heavy (non-hydrogen) atoms. The molecule has 0 radical (unpaired) electrons. The van der Waals surface area contributed by atoms with Gasteiger partial charge >= 0.3 is 0 Å². The summed E-state index contributed by atoms with van der Waals surface area (Å²) in [5.41, 5.74) is 6.75. The van der Waals surface area contributed by atoms with Gasteiger partial charge in [0.2, 0.25) is 5.91 Å². The fraction of sp³-hybridized carbons (Fsp3) is 0.250. The molecule has 0 aliphatic heterocycles. The highest BCUT2D eigenvalue weighted by Gasteiger charge is 2.00. The number of primary amides is 1. The summed E-state index contributed by atoms with van der Waals surface area (Å²) in [6.45, 7) is 3.14. The van der Waals surface area contributed by atoms with Crippen molar-refractivity contribution < 1.29 is 4.79 Å². The molecule has 0 fully saturated rings. The van der Waals surface area contributed by atoms with E-state index in [-0.39, 0.29) is 0 Å². The summed E-state index contributed by atoms with van der Waals surface area (Å²) >= 11 is 0. The number of rotatable bonds is 4. The first-order chi connectivity index (χ1) is 7.24. The van der Waals surface area contributed by atoms with E-state index in [0.29, 0.717) is 18.7 Å². The van der Waals surface area contributed by atoms with Gasteiger partial charge in [0.15, 0.2) is 0 Å². The van der Waals surface area contributed by atoms with E-state index in [9.17, 15) is 4.79 Å². The lowest BCUT2D eigenvalue weighted by Gasteiger charge is -2.02. The maximum Gasteiger partial charge on any atom is 0.248 e. The number of carbonyl (C=O) groups excluding carboxylic acids is 1. The lowest BCUT2D eigenvalue weighted by atomic mass is 10.1. The Kier molecular flexibility index (Phi) is 4.39. The van der Waals surface area contributed by atoms with Gasteiger partial charge in [0.05, 0.1) is 6.54 Å². The number of amides is 1. The second kappa shape index (κ2) is 5.84. The number of carbonyl (C=O) groups is 1. The maximum absolute atomic E-state index is 10.9. The van der Waals surface area contributed by atoms with Crippen LogP contribution in [0.5, 0.6) is 0 Å². The standard InChI is InChI=1S/C12H14N2O/c1-2-3-7-14-9-10-5-4-6-11(8-10)12(13)15/h4-6,8,14H,7,9H2,1H3,(H2,13,15). The molecule has 0 heterocycles. The highest BCUT2D eigenvalue weighted by molar-refractivity contribution is 5.92. The summed E-state index contributed by atoms with van der Waals surface area (Å²) in [7, 11) is 0. The Bertz CT molecular complexity index is 402. The van der Waals surface area contributed by atoms with Gasteiger partial charge < -0.3 is 11.1 Å². The molecule has 0 aliphatic carbocycles. The summed E-state index contributed by atoms with van der Waals surface area (Å²) in [6, 6.07) is 7.26. The molecule has 3 heteroatoms. The van der Waals surface area contributed by atoms with E-state index in [4.69, 9.17) is 5.73 Å². The lowest BCUT2D eigenvalue weighted by Crippen LogP contribution is -2.15. The topological polar surface area (TPSA) is 55.1 Å². The van der Waals surface area contributed by atoms with Crippen LogP contribution in [0.2, 0.25) is 0 Å². The minimum Gasteiger partial charge on any atom is -0.366 e. The average molecular weight is 202 g/mol. The van der Waals surface area contributed by atoms with Crippen molar-refractivity contribution in [3.63, 3.8) is 0 Å². The van der Waals surface area contributed by atoms with Crippen LogP contribution in [0, 0.1) is 11.8 Å². The molecule has 0 unspecified atom stereocenters. The largest absolute Gasteiger partial charge is 0.366 e. The fourth-order valence-corrected chi connectivity index (χ4v) is 1.19.